The fraction of sp³-hybridized carbons (Fsp3) is 0.536. The molecule has 6 nitrogen and oxygen atoms in total. The average molecular weight is 536 g/mol. The number of amides is 1. The topological polar surface area (TPSA) is 62.2 Å². The second-order valence-corrected chi connectivity index (χ2v) is 10.7. The molecule has 0 saturated carbocycles. The molecule has 196 valence electrons. The van der Waals surface area contributed by atoms with Crippen molar-refractivity contribution in [2.75, 3.05) is 39.4 Å². The first-order valence-corrected chi connectivity index (χ1v) is 13.7. The highest BCUT2D eigenvalue weighted by Crippen LogP contribution is 2.29. The molecule has 8 heteroatoms. The first kappa shape index (κ1) is 27.1. The zero-order chi connectivity index (χ0) is 25.4. The van der Waals surface area contributed by atoms with Crippen LogP contribution in [0.1, 0.15) is 50.5 Å². The highest BCUT2D eigenvalue weighted by molar-refractivity contribution is 6.42. The summed E-state index contributed by atoms with van der Waals surface area (Å²) in [5.74, 6) is 1.75. The molecule has 2 saturated heterocycles. The number of hydrogen-bond acceptors (Lipinski definition) is 5. The van der Waals surface area contributed by atoms with Gasteiger partial charge in [0.05, 0.1) is 16.7 Å². The van der Waals surface area contributed by atoms with Crippen molar-refractivity contribution < 1.29 is 19.4 Å². The molecule has 0 unspecified atom stereocenters. The summed E-state index contributed by atoms with van der Waals surface area (Å²) in [6, 6.07) is 13.3. The van der Waals surface area contributed by atoms with E-state index < -0.39 is 5.60 Å². The van der Waals surface area contributed by atoms with Crippen molar-refractivity contribution in [3.05, 3.63) is 58.1 Å². The molecule has 2 aromatic carbocycles. The van der Waals surface area contributed by atoms with Gasteiger partial charge in [-0.1, -0.05) is 41.8 Å². The van der Waals surface area contributed by atoms with E-state index in [0.717, 1.165) is 64.2 Å². The Bertz CT molecular complexity index is 1010. The number of aliphatic hydroxyl groups is 1. The van der Waals surface area contributed by atoms with E-state index in [1.807, 2.05) is 17.0 Å². The number of piperidine rings is 1. The van der Waals surface area contributed by atoms with Crippen LogP contribution in [0.25, 0.3) is 0 Å². The van der Waals surface area contributed by atoms with Crippen LogP contribution in [0.4, 0.5) is 0 Å². The van der Waals surface area contributed by atoms with E-state index in [0.29, 0.717) is 41.7 Å². The minimum absolute atomic E-state index is 0.227. The molecule has 0 atom stereocenters. The first-order chi connectivity index (χ1) is 17.4. The van der Waals surface area contributed by atoms with Crippen LogP contribution in [-0.2, 0) is 11.3 Å². The molecule has 0 aliphatic carbocycles. The van der Waals surface area contributed by atoms with Gasteiger partial charge in [-0.05, 0) is 61.9 Å². The highest BCUT2D eigenvalue weighted by atomic mass is 35.5. The Morgan fingerprint density at radius 1 is 0.917 bits per heavy atom. The predicted octanol–water partition coefficient (Wildman–Crippen LogP) is 5.57. The van der Waals surface area contributed by atoms with Gasteiger partial charge in [0.2, 0.25) is 5.91 Å². The van der Waals surface area contributed by atoms with Gasteiger partial charge in [-0.3, -0.25) is 9.69 Å². The van der Waals surface area contributed by atoms with Crippen LogP contribution < -0.4 is 9.47 Å². The van der Waals surface area contributed by atoms with Crippen LogP contribution in [-0.4, -0.2) is 65.8 Å². The van der Waals surface area contributed by atoms with E-state index >= 15 is 0 Å². The average Bonchev–Trinajstić information content (AvgIpc) is 3.08. The predicted molar refractivity (Wildman–Crippen MR) is 143 cm³/mol. The fourth-order valence-corrected chi connectivity index (χ4v) is 5.06. The maximum atomic E-state index is 12.1. The molecule has 1 N–H and O–H groups in total. The van der Waals surface area contributed by atoms with Crippen molar-refractivity contribution in [3.63, 3.8) is 0 Å². The van der Waals surface area contributed by atoms with Crippen molar-refractivity contribution in [1.29, 1.82) is 0 Å². The molecule has 0 radical (unpaired) electrons. The molecular formula is C28H36Cl2N2O4. The van der Waals surface area contributed by atoms with Gasteiger partial charge in [-0.15, -0.1) is 0 Å². The molecule has 2 aliphatic heterocycles. The number of halogens is 2. The SMILES string of the molecule is O=C1CCCCCN1CCCOc1cccc(CN2CCC(O)(COc3ccc(Cl)c(Cl)c3)CC2)c1. The first-order valence-electron chi connectivity index (χ1n) is 12.9. The Morgan fingerprint density at radius 2 is 1.72 bits per heavy atom. The number of ether oxygens (including phenoxy) is 2. The summed E-state index contributed by atoms with van der Waals surface area (Å²) in [6.45, 7) is 4.86. The number of nitrogens with zero attached hydrogens (tertiary/aromatic N) is 2. The third-order valence-electron chi connectivity index (χ3n) is 7.00. The molecule has 4 rings (SSSR count). The number of likely N-dealkylation sites (tertiary alicyclic amines) is 2. The summed E-state index contributed by atoms with van der Waals surface area (Å²) in [5.41, 5.74) is 0.329. The van der Waals surface area contributed by atoms with Gasteiger partial charge in [0.1, 0.15) is 23.7 Å². The molecular weight excluding hydrogens is 499 g/mol. The Labute approximate surface area is 224 Å². The highest BCUT2D eigenvalue weighted by Gasteiger charge is 2.33. The summed E-state index contributed by atoms with van der Waals surface area (Å²) >= 11 is 12.0. The number of benzene rings is 2. The van der Waals surface area contributed by atoms with Crippen LogP contribution >= 0.6 is 23.2 Å². The Morgan fingerprint density at radius 3 is 2.53 bits per heavy atom. The van der Waals surface area contributed by atoms with Crippen molar-refractivity contribution in [2.45, 2.75) is 57.1 Å². The van der Waals surface area contributed by atoms with E-state index in [2.05, 4.69) is 17.0 Å². The van der Waals surface area contributed by atoms with Crippen molar-refractivity contribution in [1.82, 2.24) is 9.80 Å². The lowest BCUT2D eigenvalue weighted by molar-refractivity contribution is -0.130. The Balaban J connectivity index is 1.18. The zero-order valence-corrected chi connectivity index (χ0v) is 22.3. The van der Waals surface area contributed by atoms with Crippen LogP contribution in [0, 0.1) is 0 Å². The minimum atomic E-state index is -0.859. The van der Waals surface area contributed by atoms with Gasteiger partial charge in [0.15, 0.2) is 0 Å². The minimum Gasteiger partial charge on any atom is -0.494 e. The van der Waals surface area contributed by atoms with Crippen molar-refractivity contribution in [3.8, 4) is 11.5 Å². The van der Waals surface area contributed by atoms with E-state index in [9.17, 15) is 9.90 Å². The number of rotatable bonds is 10. The normalized spacial score (nSPS) is 18.6. The lowest BCUT2D eigenvalue weighted by atomic mass is 9.92. The van der Waals surface area contributed by atoms with Crippen molar-refractivity contribution in [2.24, 2.45) is 0 Å². The van der Waals surface area contributed by atoms with E-state index in [-0.39, 0.29) is 12.5 Å². The Hall–Kier alpha value is -1.99. The summed E-state index contributed by atoms with van der Waals surface area (Å²) in [7, 11) is 0. The summed E-state index contributed by atoms with van der Waals surface area (Å²) in [4.78, 5) is 16.5. The van der Waals surface area contributed by atoms with Gasteiger partial charge in [0, 0.05) is 45.2 Å². The molecule has 2 aromatic rings. The van der Waals surface area contributed by atoms with Crippen LogP contribution in [0.2, 0.25) is 10.0 Å². The van der Waals surface area contributed by atoms with Gasteiger partial charge in [0.25, 0.3) is 0 Å². The number of hydrogen-bond donors (Lipinski definition) is 1. The van der Waals surface area contributed by atoms with E-state index in [1.165, 1.54) is 5.56 Å². The lowest BCUT2D eigenvalue weighted by Crippen LogP contribution is -2.47. The number of carbonyl (C=O) groups excluding carboxylic acids is 1. The summed E-state index contributed by atoms with van der Waals surface area (Å²) in [5, 5.41) is 11.9. The molecule has 0 aromatic heterocycles. The maximum Gasteiger partial charge on any atom is 0.222 e. The van der Waals surface area contributed by atoms with Crippen LogP contribution in [0.15, 0.2) is 42.5 Å². The smallest absolute Gasteiger partial charge is 0.222 e. The third-order valence-corrected chi connectivity index (χ3v) is 7.74. The molecule has 0 spiro atoms. The zero-order valence-electron chi connectivity index (χ0n) is 20.8. The van der Waals surface area contributed by atoms with Crippen molar-refractivity contribution >= 4 is 29.1 Å². The second-order valence-electron chi connectivity index (χ2n) is 9.91. The Kier molecular flexibility index (Phi) is 9.77. The quantitative estimate of drug-likeness (QED) is 0.403. The van der Waals surface area contributed by atoms with Gasteiger partial charge in [-0.25, -0.2) is 0 Å². The molecule has 2 heterocycles. The van der Waals surface area contributed by atoms with Crippen LogP contribution in [0.5, 0.6) is 11.5 Å². The molecule has 1 amide bonds. The second kappa shape index (κ2) is 13.0. The van der Waals surface area contributed by atoms with Crippen LogP contribution in [0.3, 0.4) is 0 Å². The maximum absolute atomic E-state index is 12.1. The fourth-order valence-electron chi connectivity index (χ4n) is 4.77. The third kappa shape index (κ3) is 8.01. The van der Waals surface area contributed by atoms with Gasteiger partial charge in [-0.2, -0.15) is 0 Å². The van der Waals surface area contributed by atoms with Gasteiger partial charge < -0.3 is 19.5 Å². The standard InChI is InChI=1S/C28H36Cl2N2O4/c29-25-10-9-24(19-26(25)30)36-21-28(34)11-15-31(16-12-28)20-22-6-4-7-23(18-22)35-17-5-14-32-13-3-1-2-8-27(32)33/h4,6-7,9-10,18-19,34H,1-3,5,8,11-17,20-21H2. The van der Waals surface area contributed by atoms with E-state index in [4.69, 9.17) is 32.7 Å². The van der Waals surface area contributed by atoms with Gasteiger partial charge >= 0.3 is 0 Å². The molecule has 0 bridgehead atoms. The summed E-state index contributed by atoms with van der Waals surface area (Å²) < 4.78 is 11.8. The molecule has 36 heavy (non-hydrogen) atoms. The van der Waals surface area contributed by atoms with E-state index in [1.54, 1.807) is 18.2 Å². The number of carbonyl (C=O) groups is 1. The summed E-state index contributed by atoms with van der Waals surface area (Å²) in [6.07, 6.45) is 6.06. The lowest BCUT2D eigenvalue weighted by Gasteiger charge is -2.38. The monoisotopic (exact) mass is 534 g/mol. The molecule has 2 fully saturated rings. The largest absolute Gasteiger partial charge is 0.494 e. The molecule has 2 aliphatic rings.